The number of benzene rings is 3. The van der Waals surface area contributed by atoms with Crippen molar-refractivity contribution >= 4 is 23.4 Å². The highest BCUT2D eigenvalue weighted by atomic mass is 35.5. The quantitative estimate of drug-likeness (QED) is 0.419. The molecule has 0 atom stereocenters. The normalized spacial score (nSPS) is 11.6. The predicted molar refractivity (Wildman–Crippen MR) is 125 cm³/mol. The number of nitrogens with two attached hydrogens (primary N) is 1. The molecule has 0 saturated carbocycles. The molecule has 0 fully saturated rings. The molecule has 3 nitrogen and oxygen atoms in total. The molecule has 0 unspecified atom stereocenters. The molecule has 0 aliphatic carbocycles. The molecule has 0 saturated heterocycles. The molecule has 0 heterocycles. The van der Waals surface area contributed by atoms with Gasteiger partial charge in [-0.3, -0.25) is 0 Å². The second-order valence-electron chi connectivity index (χ2n) is 7.67. The Bertz CT molecular complexity index is 945. The Kier molecular flexibility index (Phi) is 8.37. The second kappa shape index (κ2) is 11.0. The number of hydrogen-bond acceptors (Lipinski definition) is 4. The molecule has 0 bridgehead atoms. The molecule has 4 N–H and O–H groups in total. The first-order valence-electron chi connectivity index (χ1n) is 10.1. The van der Waals surface area contributed by atoms with E-state index in [-0.39, 0.29) is 13.2 Å². The van der Waals surface area contributed by atoms with E-state index in [0.717, 1.165) is 23.3 Å². The van der Waals surface area contributed by atoms with Crippen molar-refractivity contribution in [2.24, 2.45) is 5.73 Å². The van der Waals surface area contributed by atoms with E-state index in [0.29, 0.717) is 17.9 Å². The van der Waals surface area contributed by atoms with Gasteiger partial charge in [-0.15, -0.1) is 0 Å². The van der Waals surface area contributed by atoms with Crippen molar-refractivity contribution in [2.45, 2.75) is 41.0 Å². The van der Waals surface area contributed by atoms with Crippen molar-refractivity contribution in [1.29, 1.82) is 0 Å². The lowest BCUT2D eigenvalue weighted by molar-refractivity contribution is 0.115. The minimum Gasteiger partial charge on any atom is -0.394 e. The molecular weight excluding hydrogens is 414 g/mol. The highest BCUT2D eigenvalue weighted by molar-refractivity contribution is 7.99. The fraction of sp³-hybridized carbons (Fsp3) is 0.280. The molecule has 30 heavy (non-hydrogen) atoms. The van der Waals surface area contributed by atoms with Crippen LogP contribution < -0.4 is 5.73 Å². The van der Waals surface area contributed by atoms with Crippen LogP contribution in [0.2, 0.25) is 5.02 Å². The van der Waals surface area contributed by atoms with Gasteiger partial charge in [-0.1, -0.05) is 71.9 Å². The van der Waals surface area contributed by atoms with Crippen molar-refractivity contribution in [3.8, 4) is 0 Å². The molecule has 0 aromatic heterocycles. The Labute approximate surface area is 187 Å². The van der Waals surface area contributed by atoms with E-state index in [4.69, 9.17) is 17.3 Å². The summed E-state index contributed by atoms with van der Waals surface area (Å²) in [6, 6.07) is 25.2. The van der Waals surface area contributed by atoms with Gasteiger partial charge in [0.25, 0.3) is 0 Å². The summed E-state index contributed by atoms with van der Waals surface area (Å²) in [7, 11) is 0. The summed E-state index contributed by atoms with van der Waals surface area (Å²) < 4.78 is 0. The van der Waals surface area contributed by atoms with Crippen molar-refractivity contribution in [3.05, 3.63) is 94.5 Å². The van der Waals surface area contributed by atoms with Crippen molar-refractivity contribution in [3.63, 3.8) is 0 Å². The number of aliphatic hydroxyl groups excluding tert-OH is 2. The van der Waals surface area contributed by atoms with Crippen LogP contribution in [-0.4, -0.2) is 29.0 Å². The maximum absolute atomic E-state index is 9.34. The lowest BCUT2D eigenvalue weighted by atomic mass is 9.94. The SMILES string of the molecule is NC(CO)(CO)CCc1ccc(Sc2cccc(CCc3ccccc3)c2)cc1Cl. The Hall–Kier alpha value is -1.82. The van der Waals surface area contributed by atoms with Crippen LogP contribution in [0.5, 0.6) is 0 Å². The number of rotatable bonds is 10. The summed E-state index contributed by atoms with van der Waals surface area (Å²) in [6.45, 7) is -0.509. The van der Waals surface area contributed by atoms with Gasteiger partial charge in [0.05, 0.1) is 18.8 Å². The minimum atomic E-state index is -0.975. The largest absolute Gasteiger partial charge is 0.394 e. The average molecular weight is 442 g/mol. The maximum Gasteiger partial charge on any atom is 0.0633 e. The summed E-state index contributed by atoms with van der Waals surface area (Å²) in [4.78, 5) is 2.26. The summed E-state index contributed by atoms with van der Waals surface area (Å²) in [5, 5.41) is 19.4. The highest BCUT2D eigenvalue weighted by Gasteiger charge is 2.23. The van der Waals surface area contributed by atoms with Gasteiger partial charge in [-0.25, -0.2) is 0 Å². The van der Waals surface area contributed by atoms with Gasteiger partial charge in [0, 0.05) is 14.8 Å². The summed E-state index contributed by atoms with van der Waals surface area (Å²) in [5.41, 5.74) is 8.61. The van der Waals surface area contributed by atoms with Crippen molar-refractivity contribution < 1.29 is 10.2 Å². The third kappa shape index (κ3) is 6.59. The number of hydrogen-bond donors (Lipinski definition) is 3. The van der Waals surface area contributed by atoms with E-state index in [1.165, 1.54) is 16.0 Å². The molecule has 0 amide bonds. The molecule has 0 spiro atoms. The van der Waals surface area contributed by atoms with E-state index >= 15 is 0 Å². The van der Waals surface area contributed by atoms with Gasteiger partial charge < -0.3 is 15.9 Å². The van der Waals surface area contributed by atoms with Crippen LogP contribution in [0.3, 0.4) is 0 Å². The molecule has 0 aliphatic rings. The summed E-state index contributed by atoms with van der Waals surface area (Å²) in [5.74, 6) is 0. The van der Waals surface area contributed by atoms with Crippen LogP contribution >= 0.6 is 23.4 Å². The van der Waals surface area contributed by atoms with Crippen LogP contribution in [0, 0.1) is 0 Å². The fourth-order valence-corrected chi connectivity index (χ4v) is 4.50. The Morgan fingerprint density at radius 1 is 0.767 bits per heavy atom. The molecule has 0 radical (unpaired) electrons. The van der Waals surface area contributed by atoms with Gasteiger partial charge >= 0.3 is 0 Å². The third-order valence-corrected chi connectivity index (χ3v) is 6.56. The molecule has 3 aromatic carbocycles. The van der Waals surface area contributed by atoms with Crippen LogP contribution in [0.15, 0.2) is 82.6 Å². The minimum absolute atomic E-state index is 0.254. The molecule has 3 rings (SSSR count). The van der Waals surface area contributed by atoms with Crippen LogP contribution in [-0.2, 0) is 19.3 Å². The van der Waals surface area contributed by atoms with Crippen LogP contribution in [0.4, 0.5) is 0 Å². The summed E-state index contributed by atoms with van der Waals surface area (Å²) in [6.07, 6.45) is 3.11. The summed E-state index contributed by atoms with van der Waals surface area (Å²) >= 11 is 8.17. The van der Waals surface area contributed by atoms with E-state index in [9.17, 15) is 10.2 Å². The lowest BCUT2D eigenvalue weighted by Gasteiger charge is -2.24. The van der Waals surface area contributed by atoms with E-state index < -0.39 is 5.54 Å². The topological polar surface area (TPSA) is 66.5 Å². The standard InChI is InChI=1S/C25H28ClNO2S/c26-24-16-23(12-11-21(24)13-14-25(27,17-28)18-29)30-22-8-4-7-20(15-22)10-9-19-5-2-1-3-6-19/h1-8,11-12,15-16,28-29H,9-10,13-14,17-18,27H2. The first-order valence-corrected chi connectivity index (χ1v) is 11.3. The molecule has 158 valence electrons. The van der Waals surface area contributed by atoms with E-state index in [2.05, 4.69) is 54.6 Å². The first kappa shape index (κ1) is 22.9. The Morgan fingerprint density at radius 3 is 2.13 bits per heavy atom. The monoisotopic (exact) mass is 441 g/mol. The van der Waals surface area contributed by atoms with Gasteiger partial charge in [-0.2, -0.15) is 0 Å². The van der Waals surface area contributed by atoms with Gasteiger partial charge in [0.2, 0.25) is 0 Å². The number of halogens is 1. The van der Waals surface area contributed by atoms with Crippen molar-refractivity contribution in [2.75, 3.05) is 13.2 Å². The van der Waals surface area contributed by atoms with Gasteiger partial charge in [0.15, 0.2) is 0 Å². The van der Waals surface area contributed by atoms with E-state index in [1.807, 2.05) is 18.2 Å². The zero-order chi connectivity index (χ0) is 21.4. The molecular formula is C25H28ClNO2S. The van der Waals surface area contributed by atoms with Gasteiger partial charge in [0.1, 0.15) is 0 Å². The Morgan fingerprint density at radius 2 is 1.43 bits per heavy atom. The smallest absolute Gasteiger partial charge is 0.0633 e. The zero-order valence-corrected chi connectivity index (χ0v) is 18.5. The van der Waals surface area contributed by atoms with Crippen LogP contribution in [0.25, 0.3) is 0 Å². The second-order valence-corrected chi connectivity index (χ2v) is 9.22. The van der Waals surface area contributed by atoms with Crippen LogP contribution in [0.1, 0.15) is 23.1 Å². The lowest BCUT2D eigenvalue weighted by Crippen LogP contribution is -2.47. The first-order chi connectivity index (χ1) is 14.5. The molecule has 3 aromatic rings. The fourth-order valence-electron chi connectivity index (χ4n) is 3.22. The maximum atomic E-state index is 9.34. The zero-order valence-electron chi connectivity index (χ0n) is 16.9. The highest BCUT2D eigenvalue weighted by Crippen LogP contribution is 2.32. The van der Waals surface area contributed by atoms with Crippen molar-refractivity contribution in [1.82, 2.24) is 0 Å². The predicted octanol–water partition coefficient (Wildman–Crippen LogP) is 4.89. The molecule has 0 aliphatic heterocycles. The Balaban J connectivity index is 1.61. The number of aryl methyl sites for hydroxylation is 3. The van der Waals surface area contributed by atoms with Gasteiger partial charge in [-0.05, 0) is 66.6 Å². The third-order valence-electron chi connectivity index (χ3n) is 5.23. The van der Waals surface area contributed by atoms with E-state index in [1.54, 1.807) is 11.8 Å². The molecule has 5 heteroatoms. The number of aliphatic hydroxyl groups is 2. The average Bonchev–Trinajstić information content (AvgIpc) is 2.78.